The van der Waals surface area contributed by atoms with E-state index < -0.39 is 0 Å². The summed E-state index contributed by atoms with van der Waals surface area (Å²) in [4.78, 5) is 15.0. The van der Waals surface area contributed by atoms with Gasteiger partial charge in [0.05, 0.1) is 12.2 Å². The first-order valence-corrected chi connectivity index (χ1v) is 4.56. The minimum absolute atomic E-state index is 0.0310. The van der Waals surface area contributed by atoms with Crippen LogP contribution in [-0.4, -0.2) is 17.4 Å². The van der Waals surface area contributed by atoms with Crippen molar-refractivity contribution >= 4 is 27.7 Å². The number of nitrogens with zero attached hydrogens (tertiary/aromatic N) is 1. The Hall–Kier alpha value is -0.940. The van der Waals surface area contributed by atoms with Gasteiger partial charge in [0.2, 0.25) is 5.91 Å². The Morgan fingerprint density at radius 2 is 2.38 bits per heavy atom. The van der Waals surface area contributed by atoms with Gasteiger partial charge in [-0.25, -0.2) is 4.98 Å². The Labute approximate surface area is 84.7 Å². The van der Waals surface area contributed by atoms with E-state index in [1.807, 2.05) is 13.0 Å². The van der Waals surface area contributed by atoms with E-state index in [0.29, 0.717) is 5.82 Å². The second-order valence-corrected chi connectivity index (χ2v) is 3.37. The number of hydrogen-bond donors (Lipinski definition) is 2. The fraction of sp³-hybridized carbons (Fsp3) is 0.250. The van der Waals surface area contributed by atoms with Crippen molar-refractivity contribution in [2.24, 2.45) is 5.73 Å². The second kappa shape index (κ2) is 4.34. The van der Waals surface area contributed by atoms with Crippen LogP contribution in [0.3, 0.4) is 0 Å². The van der Waals surface area contributed by atoms with Crippen LogP contribution in [0.5, 0.6) is 0 Å². The number of rotatable bonds is 2. The van der Waals surface area contributed by atoms with Crippen LogP contribution < -0.4 is 11.1 Å². The maximum absolute atomic E-state index is 10.9. The molecular formula is C8H10BrN3O. The molecule has 1 aromatic rings. The van der Waals surface area contributed by atoms with Gasteiger partial charge >= 0.3 is 0 Å². The standard InChI is InChI=1S/C8H10BrN3O/c1-5-6(9)2-3-7(11-5)12-8(13)4-10/h2-3H,4,10H2,1H3,(H,11,12,13). The molecule has 1 aromatic heterocycles. The van der Waals surface area contributed by atoms with Crippen LogP contribution in [-0.2, 0) is 4.79 Å². The van der Waals surface area contributed by atoms with E-state index in [1.165, 1.54) is 0 Å². The number of aryl methyl sites for hydroxylation is 1. The summed E-state index contributed by atoms with van der Waals surface area (Å²) in [6, 6.07) is 3.54. The van der Waals surface area contributed by atoms with Gasteiger partial charge in [-0.2, -0.15) is 0 Å². The van der Waals surface area contributed by atoms with Crippen LogP contribution in [0.25, 0.3) is 0 Å². The average molecular weight is 244 g/mol. The molecule has 1 amide bonds. The highest BCUT2D eigenvalue weighted by Crippen LogP contribution is 2.15. The number of pyridine rings is 1. The smallest absolute Gasteiger partial charge is 0.239 e. The number of halogens is 1. The maximum atomic E-state index is 10.9. The Bertz CT molecular complexity index is 327. The molecule has 0 atom stereocenters. The number of carbonyl (C=O) groups is 1. The van der Waals surface area contributed by atoms with E-state index in [2.05, 4.69) is 26.2 Å². The molecule has 0 bridgehead atoms. The summed E-state index contributed by atoms with van der Waals surface area (Å²) in [6.07, 6.45) is 0. The summed E-state index contributed by atoms with van der Waals surface area (Å²) >= 11 is 3.31. The number of anilines is 1. The lowest BCUT2D eigenvalue weighted by Crippen LogP contribution is -2.22. The molecule has 0 radical (unpaired) electrons. The number of nitrogens with one attached hydrogen (secondary N) is 1. The molecule has 0 aliphatic heterocycles. The summed E-state index contributed by atoms with van der Waals surface area (Å²) in [5.74, 6) is 0.283. The molecule has 0 unspecified atom stereocenters. The van der Waals surface area contributed by atoms with Gasteiger partial charge in [0.25, 0.3) is 0 Å². The van der Waals surface area contributed by atoms with Gasteiger partial charge in [-0.15, -0.1) is 0 Å². The lowest BCUT2D eigenvalue weighted by molar-refractivity contribution is -0.114. The van der Waals surface area contributed by atoms with Crippen molar-refractivity contribution in [3.8, 4) is 0 Å². The fourth-order valence-corrected chi connectivity index (χ4v) is 1.03. The summed E-state index contributed by atoms with van der Waals surface area (Å²) in [5.41, 5.74) is 5.97. The van der Waals surface area contributed by atoms with Gasteiger partial charge in [0.1, 0.15) is 5.82 Å². The van der Waals surface area contributed by atoms with Crippen LogP contribution in [0.4, 0.5) is 5.82 Å². The van der Waals surface area contributed by atoms with Crippen LogP contribution in [0.15, 0.2) is 16.6 Å². The maximum Gasteiger partial charge on any atom is 0.239 e. The monoisotopic (exact) mass is 243 g/mol. The molecule has 1 heterocycles. The van der Waals surface area contributed by atoms with Crippen molar-refractivity contribution in [3.05, 3.63) is 22.3 Å². The van der Waals surface area contributed by atoms with E-state index in [9.17, 15) is 4.79 Å². The van der Waals surface area contributed by atoms with E-state index in [1.54, 1.807) is 6.07 Å². The minimum atomic E-state index is -0.241. The van der Waals surface area contributed by atoms with Gasteiger partial charge in [0.15, 0.2) is 0 Å². The molecule has 4 nitrogen and oxygen atoms in total. The first-order valence-electron chi connectivity index (χ1n) is 3.76. The Balaban J connectivity index is 2.79. The number of carbonyl (C=O) groups excluding carboxylic acids is 1. The fourth-order valence-electron chi connectivity index (χ4n) is 0.808. The third-order valence-electron chi connectivity index (χ3n) is 1.47. The first-order chi connectivity index (χ1) is 6.13. The highest BCUT2D eigenvalue weighted by Gasteiger charge is 2.01. The quantitative estimate of drug-likeness (QED) is 0.816. The lowest BCUT2D eigenvalue weighted by Gasteiger charge is -2.03. The van der Waals surface area contributed by atoms with Crippen molar-refractivity contribution in [2.45, 2.75) is 6.92 Å². The minimum Gasteiger partial charge on any atom is -0.322 e. The molecule has 0 aromatic carbocycles. The molecular weight excluding hydrogens is 234 g/mol. The van der Waals surface area contributed by atoms with Gasteiger partial charge in [-0.1, -0.05) is 0 Å². The Morgan fingerprint density at radius 3 is 2.92 bits per heavy atom. The molecule has 0 aliphatic rings. The Morgan fingerprint density at radius 1 is 1.69 bits per heavy atom. The molecule has 0 aliphatic carbocycles. The third kappa shape index (κ3) is 2.78. The number of nitrogens with two attached hydrogens (primary N) is 1. The van der Waals surface area contributed by atoms with Crippen molar-refractivity contribution < 1.29 is 4.79 Å². The highest BCUT2D eigenvalue weighted by molar-refractivity contribution is 9.10. The van der Waals surface area contributed by atoms with Crippen LogP contribution >= 0.6 is 15.9 Å². The average Bonchev–Trinajstić information content (AvgIpc) is 2.11. The van der Waals surface area contributed by atoms with Crippen molar-refractivity contribution in [1.82, 2.24) is 4.98 Å². The zero-order chi connectivity index (χ0) is 9.84. The van der Waals surface area contributed by atoms with Crippen molar-refractivity contribution in [3.63, 3.8) is 0 Å². The normalized spacial score (nSPS) is 9.77. The van der Waals surface area contributed by atoms with Gasteiger partial charge in [0, 0.05) is 4.47 Å². The molecule has 1 rings (SSSR count). The van der Waals surface area contributed by atoms with Crippen molar-refractivity contribution in [1.29, 1.82) is 0 Å². The zero-order valence-electron chi connectivity index (χ0n) is 7.17. The number of hydrogen-bond acceptors (Lipinski definition) is 3. The largest absolute Gasteiger partial charge is 0.322 e. The first kappa shape index (κ1) is 10.1. The molecule has 13 heavy (non-hydrogen) atoms. The van der Waals surface area contributed by atoms with E-state index >= 15 is 0 Å². The van der Waals surface area contributed by atoms with Crippen LogP contribution in [0, 0.1) is 6.92 Å². The second-order valence-electron chi connectivity index (χ2n) is 2.52. The summed E-state index contributed by atoms with van der Waals surface area (Å²) in [7, 11) is 0. The highest BCUT2D eigenvalue weighted by atomic mass is 79.9. The molecule has 0 saturated carbocycles. The number of aromatic nitrogens is 1. The summed E-state index contributed by atoms with van der Waals surface area (Å²) in [5, 5.41) is 2.56. The third-order valence-corrected chi connectivity index (χ3v) is 2.31. The number of amides is 1. The van der Waals surface area contributed by atoms with E-state index in [4.69, 9.17) is 5.73 Å². The predicted molar refractivity (Wildman–Crippen MR) is 54.4 cm³/mol. The molecule has 0 fully saturated rings. The SMILES string of the molecule is Cc1nc(NC(=O)CN)ccc1Br. The van der Waals surface area contributed by atoms with E-state index in [0.717, 1.165) is 10.2 Å². The molecule has 0 saturated heterocycles. The van der Waals surface area contributed by atoms with Crippen molar-refractivity contribution in [2.75, 3.05) is 11.9 Å². The van der Waals surface area contributed by atoms with E-state index in [-0.39, 0.29) is 12.5 Å². The Kier molecular flexibility index (Phi) is 3.39. The van der Waals surface area contributed by atoms with Gasteiger partial charge in [-0.05, 0) is 35.0 Å². The topological polar surface area (TPSA) is 68.0 Å². The molecule has 3 N–H and O–H groups in total. The van der Waals surface area contributed by atoms with Gasteiger partial charge < -0.3 is 11.1 Å². The molecule has 70 valence electrons. The zero-order valence-corrected chi connectivity index (χ0v) is 8.76. The predicted octanol–water partition coefficient (Wildman–Crippen LogP) is 1.05. The van der Waals surface area contributed by atoms with Gasteiger partial charge in [-0.3, -0.25) is 4.79 Å². The summed E-state index contributed by atoms with van der Waals surface area (Å²) in [6.45, 7) is 1.82. The molecule has 5 heteroatoms. The molecule has 0 spiro atoms. The lowest BCUT2D eigenvalue weighted by atomic mass is 10.3. The summed E-state index contributed by atoms with van der Waals surface area (Å²) < 4.78 is 0.915. The van der Waals surface area contributed by atoms with Crippen LogP contribution in [0.1, 0.15) is 5.69 Å². The van der Waals surface area contributed by atoms with Crippen LogP contribution in [0.2, 0.25) is 0 Å².